The van der Waals surface area contributed by atoms with E-state index in [0.717, 1.165) is 31.9 Å². The molecular weight excluding hydrogens is 403 g/mol. The van der Waals surface area contributed by atoms with Crippen molar-refractivity contribution >= 4 is 24.8 Å². The zero-order valence-electron chi connectivity index (χ0n) is 18.3. The maximum absolute atomic E-state index is 6.20. The van der Waals surface area contributed by atoms with Crippen molar-refractivity contribution in [2.75, 3.05) is 26.2 Å². The molecule has 0 unspecified atom stereocenters. The van der Waals surface area contributed by atoms with Crippen LogP contribution in [0.3, 0.4) is 0 Å². The molecule has 0 bridgehead atoms. The van der Waals surface area contributed by atoms with E-state index >= 15 is 0 Å². The number of nitrogens with one attached hydrogen (secondary N) is 1. The van der Waals surface area contributed by atoms with Crippen LogP contribution < -0.4 is 10.1 Å². The lowest BCUT2D eigenvalue weighted by atomic mass is 9.80. The van der Waals surface area contributed by atoms with Gasteiger partial charge in [0.1, 0.15) is 12.4 Å². The van der Waals surface area contributed by atoms with Gasteiger partial charge in [-0.25, -0.2) is 0 Å². The van der Waals surface area contributed by atoms with Gasteiger partial charge >= 0.3 is 0 Å². The third kappa shape index (κ3) is 6.62. The molecular formula is C24H36Cl2N2O. The van der Waals surface area contributed by atoms with Gasteiger partial charge in [-0.15, -0.1) is 24.8 Å². The van der Waals surface area contributed by atoms with Crippen molar-refractivity contribution in [2.24, 2.45) is 5.41 Å². The van der Waals surface area contributed by atoms with Crippen LogP contribution in [-0.2, 0) is 6.61 Å². The first kappa shape index (κ1) is 25.8. The molecule has 0 saturated carbocycles. The third-order valence-corrected chi connectivity index (χ3v) is 5.36. The van der Waals surface area contributed by atoms with Crippen LogP contribution in [-0.4, -0.2) is 31.1 Å². The normalized spacial score (nSPS) is 15.8. The molecule has 0 amide bonds. The number of benzene rings is 2. The number of hydrogen-bond donors (Lipinski definition) is 1. The second kappa shape index (κ2) is 11.2. The first-order valence-corrected chi connectivity index (χ1v) is 10.1. The number of aryl methyl sites for hydroxylation is 2. The number of hydrogen-bond acceptors (Lipinski definition) is 3. The van der Waals surface area contributed by atoms with E-state index in [9.17, 15) is 0 Å². The second-order valence-electron chi connectivity index (χ2n) is 8.81. The average molecular weight is 439 g/mol. The Labute approximate surface area is 189 Å². The summed E-state index contributed by atoms with van der Waals surface area (Å²) in [6.07, 6.45) is 0. The lowest BCUT2D eigenvalue weighted by molar-refractivity contribution is 0.0861. The molecule has 162 valence electrons. The quantitative estimate of drug-likeness (QED) is 0.645. The predicted molar refractivity (Wildman–Crippen MR) is 128 cm³/mol. The number of halogens is 2. The van der Waals surface area contributed by atoms with Crippen LogP contribution in [0.25, 0.3) is 0 Å². The van der Waals surface area contributed by atoms with Gasteiger partial charge in [0.05, 0.1) is 0 Å². The van der Waals surface area contributed by atoms with Gasteiger partial charge in [-0.2, -0.15) is 0 Å². The molecule has 2 aromatic carbocycles. The molecule has 1 fully saturated rings. The summed E-state index contributed by atoms with van der Waals surface area (Å²) in [6.45, 7) is 16.4. The van der Waals surface area contributed by atoms with Crippen LogP contribution in [0.15, 0.2) is 42.5 Å². The Kier molecular flexibility index (Phi) is 9.97. The first-order valence-electron chi connectivity index (χ1n) is 10.1. The zero-order chi connectivity index (χ0) is 19.4. The fourth-order valence-corrected chi connectivity index (χ4v) is 4.30. The van der Waals surface area contributed by atoms with Crippen molar-refractivity contribution < 1.29 is 4.74 Å². The molecule has 2 aromatic rings. The van der Waals surface area contributed by atoms with Crippen LogP contribution in [0, 0.1) is 19.3 Å². The highest BCUT2D eigenvalue weighted by molar-refractivity contribution is 5.85. The molecule has 3 nitrogen and oxygen atoms in total. The van der Waals surface area contributed by atoms with E-state index < -0.39 is 0 Å². The van der Waals surface area contributed by atoms with Crippen molar-refractivity contribution in [3.05, 3.63) is 64.7 Å². The van der Waals surface area contributed by atoms with Gasteiger partial charge in [-0.3, -0.25) is 4.90 Å². The number of rotatable bonds is 5. The molecule has 0 aliphatic carbocycles. The minimum Gasteiger partial charge on any atom is -0.488 e. The highest BCUT2D eigenvalue weighted by Gasteiger charge is 2.33. The van der Waals surface area contributed by atoms with Crippen LogP contribution in [0.2, 0.25) is 0 Å². The third-order valence-electron chi connectivity index (χ3n) is 5.36. The van der Waals surface area contributed by atoms with Crippen LogP contribution in [0.1, 0.15) is 49.1 Å². The smallest absolute Gasteiger partial charge is 0.125 e. The summed E-state index contributed by atoms with van der Waals surface area (Å²) >= 11 is 0. The molecule has 0 radical (unpaired) electrons. The van der Waals surface area contributed by atoms with Crippen LogP contribution in [0.4, 0.5) is 0 Å². The topological polar surface area (TPSA) is 24.5 Å². The Morgan fingerprint density at radius 2 is 1.52 bits per heavy atom. The summed E-state index contributed by atoms with van der Waals surface area (Å²) in [5.74, 6) is 1.02. The van der Waals surface area contributed by atoms with Gasteiger partial charge in [0, 0.05) is 32.2 Å². The Bertz CT molecular complexity index is 730. The molecule has 0 spiro atoms. The lowest BCUT2D eigenvalue weighted by Gasteiger charge is -2.43. The molecule has 1 heterocycles. The molecule has 1 atom stereocenters. The van der Waals surface area contributed by atoms with Crippen molar-refractivity contribution in [2.45, 2.75) is 47.3 Å². The standard InChI is InChI=1S/C24H34N2O.2ClH/c1-18-15-21(23(24(3,4)5)26-13-11-25-12-14-26)16-19(2)22(18)27-17-20-9-7-6-8-10-20;;/h6-10,15-16,23,25H,11-14,17H2,1-5H3;2*1H/t23-;;/m1../s1. The van der Waals surface area contributed by atoms with Crippen molar-refractivity contribution in [3.63, 3.8) is 0 Å². The summed E-state index contributed by atoms with van der Waals surface area (Å²) in [5.41, 5.74) is 5.25. The van der Waals surface area contributed by atoms with E-state index in [1.54, 1.807) is 0 Å². The van der Waals surface area contributed by atoms with Gasteiger partial charge in [0.2, 0.25) is 0 Å². The maximum Gasteiger partial charge on any atom is 0.125 e. The molecule has 1 N–H and O–H groups in total. The van der Waals surface area contributed by atoms with Crippen molar-refractivity contribution in [3.8, 4) is 5.75 Å². The molecule has 1 aliphatic rings. The summed E-state index contributed by atoms with van der Waals surface area (Å²) < 4.78 is 6.20. The summed E-state index contributed by atoms with van der Waals surface area (Å²) in [6, 6.07) is 15.5. The van der Waals surface area contributed by atoms with Crippen molar-refractivity contribution in [1.29, 1.82) is 0 Å². The Morgan fingerprint density at radius 3 is 2.03 bits per heavy atom. The van der Waals surface area contributed by atoms with Gasteiger partial charge < -0.3 is 10.1 Å². The lowest BCUT2D eigenvalue weighted by Crippen LogP contribution is -2.48. The van der Waals surface area contributed by atoms with E-state index in [0.29, 0.717) is 12.6 Å². The minimum absolute atomic E-state index is 0. The summed E-state index contributed by atoms with van der Waals surface area (Å²) in [5, 5.41) is 3.47. The Morgan fingerprint density at radius 1 is 0.966 bits per heavy atom. The molecule has 3 rings (SSSR count). The number of piperazine rings is 1. The monoisotopic (exact) mass is 438 g/mol. The van der Waals surface area contributed by atoms with Gasteiger partial charge in [-0.1, -0.05) is 63.2 Å². The number of ether oxygens (including phenoxy) is 1. The summed E-state index contributed by atoms with van der Waals surface area (Å²) in [4.78, 5) is 2.63. The van der Waals surface area contributed by atoms with Gasteiger partial charge in [0.25, 0.3) is 0 Å². The predicted octanol–water partition coefficient (Wildman–Crippen LogP) is 5.72. The van der Waals surface area contributed by atoms with Gasteiger partial charge in [0.15, 0.2) is 0 Å². The fraction of sp³-hybridized carbons (Fsp3) is 0.500. The largest absolute Gasteiger partial charge is 0.488 e. The highest BCUT2D eigenvalue weighted by atomic mass is 35.5. The average Bonchev–Trinajstić information content (AvgIpc) is 2.62. The Balaban J connectivity index is 0.00000210. The van der Waals surface area contributed by atoms with E-state index in [1.165, 1.54) is 22.3 Å². The van der Waals surface area contributed by atoms with E-state index in [1.807, 2.05) is 6.07 Å². The fourth-order valence-electron chi connectivity index (χ4n) is 4.30. The molecule has 1 saturated heterocycles. The van der Waals surface area contributed by atoms with Gasteiger partial charge in [-0.05, 0) is 41.5 Å². The minimum atomic E-state index is 0. The molecule has 5 heteroatoms. The van der Waals surface area contributed by atoms with Crippen LogP contribution in [0.5, 0.6) is 5.75 Å². The van der Waals surface area contributed by atoms with E-state index in [4.69, 9.17) is 4.74 Å². The summed E-state index contributed by atoms with van der Waals surface area (Å²) in [7, 11) is 0. The molecule has 29 heavy (non-hydrogen) atoms. The molecule has 0 aromatic heterocycles. The van der Waals surface area contributed by atoms with E-state index in [-0.39, 0.29) is 30.2 Å². The Hall–Kier alpha value is -1.26. The molecule has 1 aliphatic heterocycles. The second-order valence-corrected chi connectivity index (χ2v) is 8.81. The highest BCUT2D eigenvalue weighted by Crippen LogP contribution is 2.40. The number of nitrogens with zero attached hydrogens (tertiary/aromatic N) is 1. The van der Waals surface area contributed by atoms with Crippen LogP contribution >= 0.6 is 24.8 Å². The zero-order valence-corrected chi connectivity index (χ0v) is 20.0. The van der Waals surface area contributed by atoms with E-state index in [2.05, 4.69) is 81.2 Å². The first-order chi connectivity index (χ1) is 12.9. The SMILES string of the molecule is Cc1cc([C@@H](N2CCNCC2)C(C)(C)C)cc(C)c1OCc1ccccc1.Cl.Cl. The maximum atomic E-state index is 6.20. The van der Waals surface area contributed by atoms with Crippen molar-refractivity contribution in [1.82, 2.24) is 10.2 Å².